The highest BCUT2D eigenvalue weighted by Gasteiger charge is 2.31. The zero-order valence-corrected chi connectivity index (χ0v) is 11.4. The van der Waals surface area contributed by atoms with E-state index in [9.17, 15) is 9.59 Å². The molecular formula is C13H25N3O2. The zero-order valence-electron chi connectivity index (χ0n) is 11.4. The Labute approximate surface area is 109 Å². The van der Waals surface area contributed by atoms with E-state index in [0.29, 0.717) is 12.5 Å². The molecule has 0 heterocycles. The Kier molecular flexibility index (Phi) is 5.59. The van der Waals surface area contributed by atoms with E-state index in [2.05, 4.69) is 0 Å². The molecule has 3 atom stereocenters. The van der Waals surface area contributed by atoms with Crippen molar-refractivity contribution in [1.82, 2.24) is 4.90 Å². The van der Waals surface area contributed by atoms with Gasteiger partial charge in [-0.25, -0.2) is 0 Å². The van der Waals surface area contributed by atoms with Crippen LogP contribution in [0.4, 0.5) is 0 Å². The fourth-order valence-electron chi connectivity index (χ4n) is 2.74. The molecule has 0 radical (unpaired) electrons. The summed E-state index contributed by atoms with van der Waals surface area (Å²) in [5.41, 5.74) is 11.1. The van der Waals surface area contributed by atoms with Gasteiger partial charge in [0.15, 0.2) is 0 Å². The van der Waals surface area contributed by atoms with Gasteiger partial charge in [0.05, 0.1) is 6.54 Å². The molecule has 0 spiro atoms. The Morgan fingerprint density at radius 2 is 2.06 bits per heavy atom. The van der Waals surface area contributed by atoms with Crippen molar-refractivity contribution in [2.75, 3.05) is 13.1 Å². The molecular weight excluding hydrogens is 230 g/mol. The normalized spacial score (nSPS) is 25.5. The van der Waals surface area contributed by atoms with Crippen LogP contribution in [0.15, 0.2) is 0 Å². The van der Waals surface area contributed by atoms with Gasteiger partial charge in [-0.3, -0.25) is 9.59 Å². The Hall–Kier alpha value is -1.10. The molecule has 4 N–H and O–H groups in total. The second kappa shape index (κ2) is 6.73. The molecule has 2 amide bonds. The minimum atomic E-state index is -0.460. The average molecular weight is 255 g/mol. The van der Waals surface area contributed by atoms with E-state index in [4.69, 9.17) is 11.5 Å². The molecule has 1 rings (SSSR count). The number of rotatable bonds is 5. The predicted molar refractivity (Wildman–Crippen MR) is 70.5 cm³/mol. The topological polar surface area (TPSA) is 89.4 Å². The fraction of sp³-hybridized carbons (Fsp3) is 0.846. The predicted octanol–water partition coefficient (Wildman–Crippen LogP) is 0.474. The summed E-state index contributed by atoms with van der Waals surface area (Å²) < 4.78 is 0. The zero-order chi connectivity index (χ0) is 13.7. The van der Waals surface area contributed by atoms with Crippen molar-refractivity contribution in [3.05, 3.63) is 0 Å². The van der Waals surface area contributed by atoms with E-state index in [1.165, 1.54) is 4.90 Å². The summed E-state index contributed by atoms with van der Waals surface area (Å²) in [6.45, 7) is 4.33. The third-order valence-electron chi connectivity index (χ3n) is 3.89. The third-order valence-corrected chi connectivity index (χ3v) is 3.89. The monoisotopic (exact) mass is 255 g/mol. The molecule has 0 aromatic carbocycles. The van der Waals surface area contributed by atoms with Gasteiger partial charge < -0.3 is 16.4 Å². The Morgan fingerprint density at radius 3 is 2.56 bits per heavy atom. The van der Waals surface area contributed by atoms with Gasteiger partial charge in [-0.2, -0.15) is 0 Å². The van der Waals surface area contributed by atoms with E-state index in [0.717, 1.165) is 25.7 Å². The van der Waals surface area contributed by atoms with E-state index < -0.39 is 5.91 Å². The van der Waals surface area contributed by atoms with Crippen molar-refractivity contribution in [2.24, 2.45) is 23.3 Å². The Balaban J connectivity index is 2.60. The standard InChI is InChI=1S/C13H25N3O2/c1-3-16(8-12(15)17)13(18)9(2)10-5-4-6-11(14)7-10/h9-11H,3-8,14H2,1-2H3,(H2,15,17). The van der Waals surface area contributed by atoms with Crippen LogP contribution in [-0.2, 0) is 9.59 Å². The molecule has 3 unspecified atom stereocenters. The maximum atomic E-state index is 12.3. The molecule has 0 saturated heterocycles. The molecule has 1 fully saturated rings. The van der Waals surface area contributed by atoms with Crippen molar-refractivity contribution in [2.45, 2.75) is 45.6 Å². The average Bonchev–Trinajstić information content (AvgIpc) is 2.34. The smallest absolute Gasteiger partial charge is 0.237 e. The minimum absolute atomic E-state index is 0.0123. The molecule has 0 aromatic rings. The molecule has 0 aliphatic heterocycles. The quantitative estimate of drug-likeness (QED) is 0.748. The first-order valence-electron chi connectivity index (χ1n) is 6.78. The van der Waals surface area contributed by atoms with Crippen molar-refractivity contribution >= 4 is 11.8 Å². The molecule has 1 saturated carbocycles. The lowest BCUT2D eigenvalue weighted by Gasteiger charge is -2.33. The molecule has 18 heavy (non-hydrogen) atoms. The molecule has 1 aliphatic rings. The highest BCUT2D eigenvalue weighted by atomic mass is 16.2. The molecule has 5 nitrogen and oxygen atoms in total. The number of carbonyl (C=O) groups excluding carboxylic acids is 2. The van der Waals surface area contributed by atoms with Crippen LogP contribution < -0.4 is 11.5 Å². The number of hydrogen-bond acceptors (Lipinski definition) is 3. The highest BCUT2D eigenvalue weighted by Crippen LogP contribution is 2.30. The first kappa shape index (κ1) is 15.0. The number of amides is 2. The van der Waals surface area contributed by atoms with Crippen LogP contribution >= 0.6 is 0 Å². The number of carbonyl (C=O) groups is 2. The number of nitrogens with two attached hydrogens (primary N) is 2. The lowest BCUT2D eigenvalue weighted by atomic mass is 9.78. The van der Waals surface area contributed by atoms with Crippen molar-refractivity contribution < 1.29 is 9.59 Å². The van der Waals surface area contributed by atoms with Gasteiger partial charge in [0.25, 0.3) is 0 Å². The number of nitrogens with zero attached hydrogens (tertiary/aromatic N) is 1. The van der Waals surface area contributed by atoms with Gasteiger partial charge in [-0.1, -0.05) is 13.3 Å². The van der Waals surface area contributed by atoms with Crippen LogP contribution in [0.25, 0.3) is 0 Å². The SMILES string of the molecule is CCN(CC(N)=O)C(=O)C(C)C1CCCC(N)C1. The van der Waals surface area contributed by atoms with E-state index >= 15 is 0 Å². The highest BCUT2D eigenvalue weighted by molar-refractivity contribution is 5.85. The van der Waals surface area contributed by atoms with Crippen molar-refractivity contribution in [3.8, 4) is 0 Å². The van der Waals surface area contributed by atoms with Gasteiger partial charge >= 0.3 is 0 Å². The Bertz CT molecular complexity index is 307. The van der Waals surface area contributed by atoms with Gasteiger partial charge in [0.1, 0.15) is 0 Å². The van der Waals surface area contributed by atoms with Gasteiger partial charge in [0.2, 0.25) is 11.8 Å². The number of hydrogen-bond donors (Lipinski definition) is 2. The molecule has 1 aliphatic carbocycles. The molecule has 5 heteroatoms. The second-order valence-electron chi connectivity index (χ2n) is 5.29. The van der Waals surface area contributed by atoms with E-state index in [1.807, 2.05) is 13.8 Å². The third kappa shape index (κ3) is 3.98. The van der Waals surface area contributed by atoms with Crippen molar-refractivity contribution in [3.63, 3.8) is 0 Å². The van der Waals surface area contributed by atoms with Crippen LogP contribution in [0.5, 0.6) is 0 Å². The summed E-state index contributed by atoms with van der Waals surface area (Å²) >= 11 is 0. The first-order valence-corrected chi connectivity index (χ1v) is 6.78. The maximum Gasteiger partial charge on any atom is 0.237 e. The van der Waals surface area contributed by atoms with Crippen LogP contribution in [0.3, 0.4) is 0 Å². The Morgan fingerprint density at radius 1 is 1.39 bits per heavy atom. The lowest BCUT2D eigenvalue weighted by Crippen LogP contribution is -2.44. The summed E-state index contributed by atoms with van der Waals surface area (Å²) in [6.07, 6.45) is 4.09. The van der Waals surface area contributed by atoms with Gasteiger partial charge in [-0.05, 0) is 32.1 Å². The summed E-state index contributed by atoms with van der Waals surface area (Å²) in [4.78, 5) is 24.8. The maximum absolute atomic E-state index is 12.3. The van der Waals surface area contributed by atoms with Crippen LogP contribution in [0.1, 0.15) is 39.5 Å². The molecule has 104 valence electrons. The largest absolute Gasteiger partial charge is 0.368 e. The summed E-state index contributed by atoms with van der Waals surface area (Å²) in [5, 5.41) is 0. The van der Waals surface area contributed by atoms with Gasteiger partial charge in [0, 0.05) is 18.5 Å². The first-order chi connectivity index (χ1) is 8.45. The minimum Gasteiger partial charge on any atom is -0.368 e. The van der Waals surface area contributed by atoms with Crippen molar-refractivity contribution in [1.29, 1.82) is 0 Å². The fourth-order valence-corrected chi connectivity index (χ4v) is 2.74. The number of likely N-dealkylation sites (N-methyl/N-ethyl adjacent to an activating group) is 1. The summed E-state index contributed by atoms with van der Waals surface area (Å²) in [5.74, 6) is -0.174. The van der Waals surface area contributed by atoms with E-state index in [-0.39, 0.29) is 24.4 Å². The van der Waals surface area contributed by atoms with Crippen LogP contribution in [0, 0.1) is 11.8 Å². The molecule has 0 aromatic heterocycles. The summed E-state index contributed by atoms with van der Waals surface area (Å²) in [7, 11) is 0. The van der Waals surface area contributed by atoms with Gasteiger partial charge in [-0.15, -0.1) is 0 Å². The number of primary amides is 1. The lowest BCUT2D eigenvalue weighted by molar-refractivity contribution is -0.140. The second-order valence-corrected chi connectivity index (χ2v) is 5.29. The van der Waals surface area contributed by atoms with Crippen LogP contribution in [-0.4, -0.2) is 35.8 Å². The van der Waals surface area contributed by atoms with Crippen LogP contribution in [0.2, 0.25) is 0 Å². The molecule has 0 bridgehead atoms. The summed E-state index contributed by atoms with van der Waals surface area (Å²) in [6, 6.07) is 0.213. The van der Waals surface area contributed by atoms with E-state index in [1.54, 1.807) is 0 Å².